The Hall–Kier alpha value is -0.850. The Morgan fingerprint density at radius 2 is 0.900 bits per heavy atom. The Balaban J connectivity index is -0.00000000300. The second-order valence-electron chi connectivity index (χ2n) is 0.250. The van der Waals surface area contributed by atoms with Gasteiger partial charge in [-0.3, -0.25) is 0 Å². The summed E-state index contributed by atoms with van der Waals surface area (Å²) in [5, 5.41) is 16.7. The van der Waals surface area contributed by atoms with Crippen molar-refractivity contribution >= 4 is 6.16 Å². The van der Waals surface area contributed by atoms with E-state index in [0.717, 1.165) is 0 Å². The van der Waals surface area contributed by atoms with Crippen LogP contribution in [0.2, 0.25) is 0 Å². The molecule has 0 aliphatic rings. The first kappa shape index (κ1) is 131. The average molecular weight is 160 g/mol. The van der Waals surface area contributed by atoms with Crippen molar-refractivity contribution in [3.05, 3.63) is 0 Å². The van der Waals surface area contributed by atoms with Crippen molar-refractivity contribution in [2.45, 2.75) is 22.3 Å². The molecule has 0 aromatic carbocycles. The SMILES string of the molecule is C.C.C.N.N.O=C([O-])[O-].[NH4+]. The normalized spacial score (nSPS) is 2.40. The van der Waals surface area contributed by atoms with Crippen LogP contribution >= 0.6 is 0 Å². The fourth-order valence-corrected chi connectivity index (χ4v) is 0. The van der Waals surface area contributed by atoms with Crippen LogP contribution in [0.5, 0.6) is 0 Å². The maximum absolute atomic E-state index is 8.33. The lowest BCUT2D eigenvalue weighted by Gasteiger charge is -1.96. The van der Waals surface area contributed by atoms with Crippen LogP contribution in [-0.4, -0.2) is 6.16 Å². The second kappa shape index (κ2) is 90.1. The molecule has 0 amide bonds. The molecule has 0 bridgehead atoms. The molecular formula is C4H22N3O3-. The van der Waals surface area contributed by atoms with E-state index in [4.69, 9.17) is 15.0 Å². The van der Waals surface area contributed by atoms with Gasteiger partial charge in [0.25, 0.3) is 0 Å². The van der Waals surface area contributed by atoms with Gasteiger partial charge in [-0.1, -0.05) is 22.3 Å². The molecular weight excluding hydrogens is 138 g/mol. The first-order valence-corrected chi connectivity index (χ1v) is 0.612. The Bertz CT molecular complexity index is 38.7. The third kappa shape index (κ3) is 374. The molecule has 0 radical (unpaired) electrons. The molecule has 0 saturated carbocycles. The molecule has 0 heterocycles. The quantitative estimate of drug-likeness (QED) is 0.457. The van der Waals surface area contributed by atoms with Crippen molar-refractivity contribution in [3.63, 3.8) is 0 Å². The Labute approximate surface area is 63.0 Å². The van der Waals surface area contributed by atoms with Gasteiger partial charge in [0.15, 0.2) is 0 Å². The number of carboxylic acid groups (broad SMARTS) is 2. The molecule has 10 heavy (non-hydrogen) atoms. The summed E-state index contributed by atoms with van der Waals surface area (Å²) in [5.41, 5.74) is 0. The summed E-state index contributed by atoms with van der Waals surface area (Å²) in [6.07, 6.45) is -2.33. The van der Waals surface area contributed by atoms with E-state index in [-0.39, 0.29) is 40.7 Å². The van der Waals surface area contributed by atoms with Crippen molar-refractivity contribution in [3.8, 4) is 0 Å². The van der Waals surface area contributed by atoms with Crippen LogP contribution in [0, 0.1) is 0 Å². The highest BCUT2D eigenvalue weighted by Gasteiger charge is 1.26. The minimum atomic E-state index is -2.33. The summed E-state index contributed by atoms with van der Waals surface area (Å²) in [4.78, 5) is 8.33. The van der Waals surface area contributed by atoms with Gasteiger partial charge in [-0.15, -0.1) is 0 Å². The Morgan fingerprint density at radius 1 is 0.900 bits per heavy atom. The van der Waals surface area contributed by atoms with E-state index in [2.05, 4.69) is 0 Å². The smallest absolute Gasteiger partial charge is 0.0431 e. The van der Waals surface area contributed by atoms with E-state index >= 15 is 0 Å². The zero-order chi connectivity index (χ0) is 3.58. The number of quaternary nitrogens is 1. The van der Waals surface area contributed by atoms with Gasteiger partial charge in [0.05, 0.1) is 0 Å². The maximum atomic E-state index is 8.33. The van der Waals surface area contributed by atoms with E-state index in [1.807, 2.05) is 0 Å². The van der Waals surface area contributed by atoms with Gasteiger partial charge in [0.1, 0.15) is 0 Å². The average Bonchev–Trinajstić information content (AvgIpc) is 0.811. The predicted octanol–water partition coefficient (Wildman–Crippen LogP) is 0.162. The molecule has 0 aliphatic heterocycles. The lowest BCUT2D eigenvalue weighted by Crippen LogP contribution is -2.37. The van der Waals surface area contributed by atoms with E-state index in [0.29, 0.717) is 0 Å². The minimum Gasteiger partial charge on any atom is -0.652 e. The third-order valence-corrected chi connectivity index (χ3v) is 0. The number of carbonyl (C=O) groups is 1. The van der Waals surface area contributed by atoms with Gasteiger partial charge in [-0.05, 0) is 6.16 Å². The number of carbonyl (C=O) groups excluding carboxylic acids is 1. The molecule has 6 heteroatoms. The standard InChI is InChI=1S/CH2O3.3CH4.3H3N/c2-1(3)4;;;;;;/h(H2,2,3,4);3*1H4;3*1H3/p-1. The summed E-state index contributed by atoms with van der Waals surface area (Å²) >= 11 is 0. The molecule has 0 atom stereocenters. The van der Waals surface area contributed by atoms with Gasteiger partial charge in [0, 0.05) is 0 Å². The molecule has 0 unspecified atom stereocenters. The summed E-state index contributed by atoms with van der Waals surface area (Å²) < 4.78 is 0. The van der Waals surface area contributed by atoms with Crippen LogP contribution in [0.4, 0.5) is 4.79 Å². The molecule has 6 nitrogen and oxygen atoms in total. The van der Waals surface area contributed by atoms with Crippen molar-refractivity contribution < 1.29 is 15.0 Å². The Morgan fingerprint density at radius 3 is 0.900 bits per heavy atom. The highest BCUT2D eigenvalue weighted by atomic mass is 16.6. The van der Waals surface area contributed by atoms with Crippen LogP contribution in [0.25, 0.3) is 0 Å². The predicted molar refractivity (Wildman–Crippen MR) is 41.6 cm³/mol. The summed E-state index contributed by atoms with van der Waals surface area (Å²) in [6.45, 7) is 0. The minimum absolute atomic E-state index is 0. The van der Waals surface area contributed by atoms with Crippen molar-refractivity contribution in [2.75, 3.05) is 0 Å². The zero-order valence-corrected chi connectivity index (χ0v) is 4.14. The first-order chi connectivity index (χ1) is 1.73. The van der Waals surface area contributed by atoms with E-state index in [1.54, 1.807) is 0 Å². The van der Waals surface area contributed by atoms with E-state index in [1.165, 1.54) is 0 Å². The molecule has 0 saturated heterocycles. The maximum Gasteiger partial charge on any atom is -0.0431 e. The monoisotopic (exact) mass is 160 g/mol. The van der Waals surface area contributed by atoms with Crippen molar-refractivity contribution in [2.24, 2.45) is 0 Å². The molecule has 10 N–H and O–H groups in total. The number of rotatable bonds is 0. The van der Waals surface area contributed by atoms with E-state index < -0.39 is 6.16 Å². The largest absolute Gasteiger partial charge is 0.652 e. The highest BCUT2D eigenvalue weighted by molar-refractivity contribution is 5.47. The van der Waals surface area contributed by atoms with E-state index in [9.17, 15) is 0 Å². The van der Waals surface area contributed by atoms with Crippen LogP contribution < -0.4 is 28.7 Å². The molecule has 0 aromatic heterocycles. The number of hydrogen-bond donors (Lipinski definition) is 3. The van der Waals surface area contributed by atoms with Gasteiger partial charge in [0.2, 0.25) is 0 Å². The fourth-order valence-electron chi connectivity index (χ4n) is 0. The molecule has 0 fully saturated rings. The lowest BCUT2D eigenvalue weighted by atomic mass is 11.5. The zero-order valence-electron chi connectivity index (χ0n) is 4.14. The highest BCUT2D eigenvalue weighted by Crippen LogP contribution is 1.21. The van der Waals surface area contributed by atoms with Crippen LogP contribution in [-0.2, 0) is 0 Å². The lowest BCUT2D eigenvalue weighted by molar-refractivity contribution is -0.415. The van der Waals surface area contributed by atoms with Crippen molar-refractivity contribution in [1.29, 1.82) is 0 Å². The molecule has 72 valence electrons. The first-order valence-electron chi connectivity index (χ1n) is 0.612. The van der Waals surface area contributed by atoms with Gasteiger partial charge < -0.3 is 33.5 Å². The topological polar surface area (TPSA) is 170 Å². The molecule has 0 aromatic rings. The van der Waals surface area contributed by atoms with Gasteiger partial charge in [-0.25, -0.2) is 0 Å². The van der Waals surface area contributed by atoms with Gasteiger partial charge >= 0.3 is 0 Å². The summed E-state index contributed by atoms with van der Waals surface area (Å²) in [5.74, 6) is 0. The van der Waals surface area contributed by atoms with Crippen LogP contribution in [0.15, 0.2) is 0 Å². The van der Waals surface area contributed by atoms with Crippen LogP contribution in [0.3, 0.4) is 0 Å². The third-order valence-electron chi connectivity index (χ3n) is 0. The molecule has 0 aliphatic carbocycles. The fraction of sp³-hybridized carbons (Fsp3) is 0.750. The Kier molecular flexibility index (Phi) is 1190. The van der Waals surface area contributed by atoms with Crippen LogP contribution in [0.1, 0.15) is 22.3 Å². The number of hydrogen-bond acceptors (Lipinski definition) is 5. The molecule has 0 spiro atoms. The second-order valence-corrected chi connectivity index (χ2v) is 0.250. The molecule has 0 rings (SSSR count). The summed E-state index contributed by atoms with van der Waals surface area (Å²) in [7, 11) is 0. The van der Waals surface area contributed by atoms with Crippen molar-refractivity contribution in [1.82, 2.24) is 18.5 Å². The summed E-state index contributed by atoms with van der Waals surface area (Å²) in [6, 6.07) is 0. The van der Waals surface area contributed by atoms with Gasteiger partial charge in [-0.2, -0.15) is 0 Å².